The van der Waals surface area contributed by atoms with E-state index in [4.69, 9.17) is 0 Å². The molecule has 0 spiro atoms. The van der Waals surface area contributed by atoms with Gasteiger partial charge < -0.3 is 4.57 Å². The highest BCUT2D eigenvalue weighted by Crippen LogP contribution is 2.21. The first-order valence-electron chi connectivity index (χ1n) is 4.81. The minimum absolute atomic E-state index is 0.745. The molecule has 1 heterocycles. The van der Waals surface area contributed by atoms with Crippen LogP contribution in [0.4, 0.5) is 0 Å². The molecule has 1 aromatic carbocycles. The first-order valence-corrected chi connectivity index (χ1v) is 4.81. The number of nitrogens with zero attached hydrogens (tertiary/aromatic N) is 1. The second kappa shape index (κ2) is 3.29. The largest absolute Gasteiger partial charge is 0.347 e. The van der Waals surface area contributed by atoms with E-state index < -0.39 is 0 Å². The summed E-state index contributed by atoms with van der Waals surface area (Å²) in [6, 6.07) is 5.82. The van der Waals surface area contributed by atoms with E-state index in [1.807, 2.05) is 18.2 Å². The van der Waals surface area contributed by atoms with Crippen molar-refractivity contribution in [2.24, 2.45) is 0 Å². The second-order valence-electron chi connectivity index (χ2n) is 3.49. The van der Waals surface area contributed by atoms with Crippen molar-refractivity contribution in [1.29, 1.82) is 0 Å². The number of hydrogen-bond acceptors (Lipinski definition) is 1. The molecule has 2 aromatic rings. The van der Waals surface area contributed by atoms with Crippen LogP contribution in [-0.4, -0.2) is 10.9 Å². The maximum absolute atomic E-state index is 10.6. The fourth-order valence-corrected chi connectivity index (χ4v) is 1.83. The number of rotatable bonds is 2. The minimum atomic E-state index is 0.745. The molecule has 2 heteroatoms. The third-order valence-corrected chi connectivity index (χ3v) is 2.58. The molecule has 0 saturated carbocycles. The Morgan fingerprint density at radius 3 is 2.86 bits per heavy atom. The Morgan fingerprint density at radius 2 is 2.21 bits per heavy atom. The molecule has 2 rings (SSSR count). The second-order valence-corrected chi connectivity index (χ2v) is 3.49. The van der Waals surface area contributed by atoms with Crippen molar-refractivity contribution in [2.75, 3.05) is 0 Å². The van der Waals surface area contributed by atoms with Crippen LogP contribution in [0.5, 0.6) is 0 Å². The molecule has 2 nitrogen and oxygen atoms in total. The van der Waals surface area contributed by atoms with Gasteiger partial charge in [0, 0.05) is 29.2 Å². The molecule has 0 atom stereocenters. The van der Waals surface area contributed by atoms with Gasteiger partial charge in [0.25, 0.3) is 0 Å². The normalized spacial score (nSPS) is 10.7. The summed E-state index contributed by atoms with van der Waals surface area (Å²) in [4.78, 5) is 10.6. The van der Waals surface area contributed by atoms with Gasteiger partial charge in [-0.2, -0.15) is 0 Å². The molecule has 0 unspecified atom stereocenters. The van der Waals surface area contributed by atoms with Crippen LogP contribution in [0, 0.1) is 6.92 Å². The standard InChI is InChI=1S/C12H13NO/c1-3-13-7-9(2)11-6-10(8-14)4-5-12(11)13/h4-8H,3H2,1-2H3. The van der Waals surface area contributed by atoms with Gasteiger partial charge in [-0.15, -0.1) is 0 Å². The molecule has 0 amide bonds. The van der Waals surface area contributed by atoms with Crippen molar-refractivity contribution in [2.45, 2.75) is 20.4 Å². The van der Waals surface area contributed by atoms with E-state index in [2.05, 4.69) is 24.6 Å². The zero-order valence-corrected chi connectivity index (χ0v) is 8.45. The fourth-order valence-electron chi connectivity index (χ4n) is 1.83. The monoisotopic (exact) mass is 187 g/mol. The van der Waals surface area contributed by atoms with Crippen molar-refractivity contribution in [1.82, 2.24) is 4.57 Å². The highest BCUT2D eigenvalue weighted by molar-refractivity contribution is 5.89. The topological polar surface area (TPSA) is 22.0 Å². The molecule has 0 radical (unpaired) electrons. The van der Waals surface area contributed by atoms with Crippen molar-refractivity contribution in [3.05, 3.63) is 35.5 Å². The van der Waals surface area contributed by atoms with Crippen molar-refractivity contribution in [3.63, 3.8) is 0 Å². The van der Waals surface area contributed by atoms with Gasteiger partial charge in [-0.3, -0.25) is 4.79 Å². The van der Waals surface area contributed by atoms with E-state index in [0.717, 1.165) is 18.4 Å². The summed E-state index contributed by atoms with van der Waals surface area (Å²) in [5.41, 5.74) is 3.18. The van der Waals surface area contributed by atoms with Gasteiger partial charge in [-0.25, -0.2) is 0 Å². The highest BCUT2D eigenvalue weighted by atomic mass is 16.1. The Balaban J connectivity index is 2.76. The van der Waals surface area contributed by atoms with Crippen molar-refractivity contribution >= 4 is 17.2 Å². The fraction of sp³-hybridized carbons (Fsp3) is 0.250. The van der Waals surface area contributed by atoms with Crippen molar-refractivity contribution in [3.8, 4) is 0 Å². The molecular formula is C12H13NO. The van der Waals surface area contributed by atoms with Crippen LogP contribution in [0.15, 0.2) is 24.4 Å². The summed E-state index contributed by atoms with van der Waals surface area (Å²) >= 11 is 0. The minimum Gasteiger partial charge on any atom is -0.347 e. The molecule has 0 bridgehead atoms. The van der Waals surface area contributed by atoms with Gasteiger partial charge in [-0.1, -0.05) is 0 Å². The summed E-state index contributed by atoms with van der Waals surface area (Å²) in [7, 11) is 0. The molecule has 0 aliphatic heterocycles. The molecule has 1 aromatic heterocycles. The van der Waals surface area contributed by atoms with Gasteiger partial charge in [0.05, 0.1) is 0 Å². The van der Waals surface area contributed by atoms with Crippen LogP contribution in [0.1, 0.15) is 22.8 Å². The Kier molecular flexibility index (Phi) is 2.12. The predicted octanol–water partition coefficient (Wildman–Crippen LogP) is 2.78. The zero-order valence-electron chi connectivity index (χ0n) is 8.45. The lowest BCUT2D eigenvalue weighted by atomic mass is 10.1. The SMILES string of the molecule is CCn1cc(C)c2cc(C=O)ccc21. The summed E-state index contributed by atoms with van der Waals surface area (Å²) < 4.78 is 2.19. The zero-order chi connectivity index (χ0) is 10.1. The van der Waals surface area contributed by atoms with Crippen LogP contribution in [0.2, 0.25) is 0 Å². The van der Waals surface area contributed by atoms with Crippen LogP contribution >= 0.6 is 0 Å². The summed E-state index contributed by atoms with van der Waals surface area (Å²) in [6.45, 7) is 5.15. The van der Waals surface area contributed by atoms with Gasteiger partial charge in [0.15, 0.2) is 0 Å². The van der Waals surface area contributed by atoms with E-state index in [1.54, 1.807) is 0 Å². The Bertz CT molecular complexity index is 482. The number of aromatic nitrogens is 1. The van der Waals surface area contributed by atoms with Gasteiger partial charge in [-0.05, 0) is 37.6 Å². The van der Waals surface area contributed by atoms with E-state index in [-0.39, 0.29) is 0 Å². The number of carbonyl (C=O) groups is 1. The number of hydrogen-bond donors (Lipinski definition) is 0. The van der Waals surface area contributed by atoms with E-state index in [9.17, 15) is 4.79 Å². The Morgan fingerprint density at radius 1 is 1.43 bits per heavy atom. The van der Waals surface area contributed by atoms with Crippen LogP contribution in [-0.2, 0) is 6.54 Å². The summed E-state index contributed by atoms with van der Waals surface area (Å²) in [5.74, 6) is 0. The Labute approximate surface area is 83.2 Å². The molecule has 14 heavy (non-hydrogen) atoms. The van der Waals surface area contributed by atoms with Crippen molar-refractivity contribution < 1.29 is 4.79 Å². The lowest BCUT2D eigenvalue weighted by Crippen LogP contribution is -1.90. The maximum atomic E-state index is 10.6. The van der Waals surface area contributed by atoms with E-state index in [0.29, 0.717) is 0 Å². The third kappa shape index (κ3) is 1.23. The van der Waals surface area contributed by atoms with E-state index in [1.165, 1.54) is 16.5 Å². The number of fused-ring (bicyclic) bond motifs is 1. The first kappa shape index (κ1) is 9.00. The van der Waals surface area contributed by atoms with Crippen LogP contribution in [0.25, 0.3) is 10.9 Å². The molecule has 72 valence electrons. The highest BCUT2D eigenvalue weighted by Gasteiger charge is 2.04. The van der Waals surface area contributed by atoms with Crippen LogP contribution < -0.4 is 0 Å². The Hall–Kier alpha value is -1.57. The molecular weight excluding hydrogens is 174 g/mol. The summed E-state index contributed by atoms with van der Waals surface area (Å²) in [5, 5.41) is 1.18. The lowest BCUT2D eigenvalue weighted by Gasteiger charge is -1.99. The molecule has 0 aliphatic rings. The van der Waals surface area contributed by atoms with Gasteiger partial charge in [0.1, 0.15) is 6.29 Å². The predicted molar refractivity (Wildman–Crippen MR) is 57.7 cm³/mol. The molecule has 0 aliphatic carbocycles. The van der Waals surface area contributed by atoms with Gasteiger partial charge >= 0.3 is 0 Å². The molecule has 0 N–H and O–H groups in total. The quantitative estimate of drug-likeness (QED) is 0.662. The molecule has 0 fully saturated rings. The molecule has 0 saturated heterocycles. The maximum Gasteiger partial charge on any atom is 0.150 e. The smallest absolute Gasteiger partial charge is 0.150 e. The number of benzene rings is 1. The van der Waals surface area contributed by atoms with Crippen LogP contribution in [0.3, 0.4) is 0 Å². The summed E-state index contributed by atoms with van der Waals surface area (Å²) in [6.07, 6.45) is 3.02. The van der Waals surface area contributed by atoms with E-state index >= 15 is 0 Å². The first-order chi connectivity index (χ1) is 6.76. The number of aldehydes is 1. The third-order valence-electron chi connectivity index (χ3n) is 2.58. The average molecular weight is 187 g/mol. The number of aryl methyl sites for hydroxylation is 2. The van der Waals surface area contributed by atoms with Gasteiger partial charge in [0.2, 0.25) is 0 Å². The lowest BCUT2D eigenvalue weighted by molar-refractivity contribution is 0.112. The number of carbonyl (C=O) groups excluding carboxylic acids is 1. The average Bonchev–Trinajstić information content (AvgIpc) is 2.55.